The fourth-order valence-electron chi connectivity index (χ4n) is 6.96. The molecule has 1 heterocycles. The Morgan fingerprint density at radius 3 is 2.90 bits per heavy atom. The van der Waals surface area contributed by atoms with Crippen molar-refractivity contribution in [2.75, 3.05) is 6.61 Å². The molecule has 2 fully saturated rings. The largest absolute Gasteiger partial charge is 0.392 e. The molecule has 5 rings (SSSR count). The second kappa shape index (κ2) is 7.04. The van der Waals surface area contributed by atoms with Gasteiger partial charge in [0, 0.05) is 22.6 Å². The molecule has 1 aromatic heterocycles. The molecule has 0 aromatic carbocycles. The Balaban J connectivity index is 1.66. The van der Waals surface area contributed by atoms with Gasteiger partial charge < -0.3 is 10.2 Å². The smallest absolute Gasteiger partial charge is 0.156 e. The van der Waals surface area contributed by atoms with Crippen molar-refractivity contribution in [3.63, 3.8) is 0 Å². The number of thiophene rings is 1. The Kier molecular flexibility index (Phi) is 4.73. The molecule has 0 radical (unpaired) electrons. The second-order valence-corrected chi connectivity index (χ2v) is 10.5. The van der Waals surface area contributed by atoms with E-state index in [4.69, 9.17) is 0 Å². The van der Waals surface area contributed by atoms with Gasteiger partial charge in [0.15, 0.2) is 5.78 Å². The molecular formula is C25H30O3S. The molecule has 29 heavy (non-hydrogen) atoms. The molecule has 0 bridgehead atoms. The normalized spacial score (nSPS) is 39.3. The number of hydrogen-bond donors (Lipinski definition) is 2. The van der Waals surface area contributed by atoms with Gasteiger partial charge in [-0.25, -0.2) is 0 Å². The summed E-state index contributed by atoms with van der Waals surface area (Å²) in [6.45, 7) is 2.25. The molecule has 0 saturated heterocycles. The Labute approximate surface area is 176 Å². The van der Waals surface area contributed by atoms with E-state index in [0.29, 0.717) is 24.2 Å². The van der Waals surface area contributed by atoms with E-state index in [-0.39, 0.29) is 17.8 Å². The molecule has 0 amide bonds. The summed E-state index contributed by atoms with van der Waals surface area (Å²) in [6, 6.07) is 4.37. The molecule has 2 N–H and O–H groups in total. The maximum Gasteiger partial charge on any atom is 0.156 e. The van der Waals surface area contributed by atoms with Gasteiger partial charge in [-0.1, -0.05) is 30.7 Å². The number of fused-ring (bicyclic) bond motifs is 4. The Morgan fingerprint density at radius 1 is 1.28 bits per heavy atom. The third-order valence-corrected chi connectivity index (χ3v) is 9.32. The van der Waals surface area contributed by atoms with Gasteiger partial charge in [0.2, 0.25) is 0 Å². The number of carbonyl (C=O) groups is 1. The molecule has 154 valence electrons. The first-order valence-electron chi connectivity index (χ1n) is 11.0. The lowest BCUT2D eigenvalue weighted by molar-refractivity contribution is -0.114. The third-order valence-electron chi connectivity index (χ3n) is 8.34. The van der Waals surface area contributed by atoms with Gasteiger partial charge in [0.05, 0.1) is 12.2 Å². The molecule has 0 spiro atoms. The van der Waals surface area contributed by atoms with Crippen LogP contribution in [0, 0.1) is 17.3 Å². The third kappa shape index (κ3) is 2.87. The molecule has 4 aliphatic carbocycles. The number of aliphatic hydroxyl groups excluding tert-OH is 1. The second-order valence-electron chi connectivity index (χ2n) is 9.56. The summed E-state index contributed by atoms with van der Waals surface area (Å²) >= 11 is 1.82. The molecule has 2 saturated carbocycles. The van der Waals surface area contributed by atoms with Gasteiger partial charge in [0.1, 0.15) is 0 Å². The number of carbonyl (C=O) groups excluding carboxylic acids is 1. The van der Waals surface area contributed by atoms with Crippen molar-refractivity contribution in [2.45, 2.75) is 63.4 Å². The predicted octanol–water partition coefficient (Wildman–Crippen LogP) is 4.93. The van der Waals surface area contributed by atoms with Crippen LogP contribution in [0.15, 0.2) is 52.5 Å². The van der Waals surface area contributed by atoms with Gasteiger partial charge in [-0.3, -0.25) is 4.79 Å². The van der Waals surface area contributed by atoms with Crippen molar-refractivity contribution in [3.8, 4) is 0 Å². The van der Waals surface area contributed by atoms with Gasteiger partial charge in [0.25, 0.3) is 0 Å². The Morgan fingerprint density at radius 2 is 2.14 bits per heavy atom. The van der Waals surface area contributed by atoms with Crippen molar-refractivity contribution in [2.24, 2.45) is 17.3 Å². The molecule has 4 aliphatic rings. The molecule has 5 atom stereocenters. The molecule has 0 unspecified atom stereocenters. The van der Waals surface area contributed by atoms with Crippen molar-refractivity contribution in [3.05, 3.63) is 57.3 Å². The lowest BCUT2D eigenvalue weighted by atomic mass is 9.52. The Hall–Kier alpha value is -1.49. The van der Waals surface area contributed by atoms with Crippen LogP contribution in [0.5, 0.6) is 0 Å². The minimum atomic E-state index is -0.856. The zero-order valence-electron chi connectivity index (χ0n) is 17.1. The van der Waals surface area contributed by atoms with Crippen LogP contribution in [0.4, 0.5) is 0 Å². The van der Waals surface area contributed by atoms with E-state index in [1.165, 1.54) is 16.0 Å². The van der Waals surface area contributed by atoms with Crippen LogP contribution < -0.4 is 0 Å². The topological polar surface area (TPSA) is 57.5 Å². The first-order chi connectivity index (χ1) is 14.0. The fourth-order valence-corrected chi connectivity index (χ4v) is 7.81. The molecular weight excluding hydrogens is 380 g/mol. The van der Waals surface area contributed by atoms with E-state index in [1.807, 2.05) is 23.5 Å². The highest BCUT2D eigenvalue weighted by atomic mass is 32.1. The van der Waals surface area contributed by atoms with E-state index >= 15 is 0 Å². The van der Waals surface area contributed by atoms with E-state index in [1.54, 1.807) is 11.6 Å². The molecule has 3 nitrogen and oxygen atoms in total. The van der Waals surface area contributed by atoms with Crippen LogP contribution in [-0.4, -0.2) is 28.2 Å². The van der Waals surface area contributed by atoms with Crippen molar-refractivity contribution >= 4 is 17.1 Å². The standard InChI is InChI=1S/C25H30O3S/c1-24-15-20(22-4-2-13-29-22)23-18-8-6-17(27)14-16(18)5-7-19(23)21(24)9-11-25(24,28)10-3-12-26/h2-4,10,13-14,19-21,26,28H,5-9,11-12,15H2,1H3/t19-,20+,21-,24-,25-/m0/s1. The highest BCUT2D eigenvalue weighted by molar-refractivity contribution is 7.10. The molecule has 1 aromatic rings. The zero-order chi connectivity index (χ0) is 20.2. The van der Waals surface area contributed by atoms with E-state index < -0.39 is 5.60 Å². The Bertz CT molecular complexity index is 909. The van der Waals surface area contributed by atoms with Crippen LogP contribution in [0.1, 0.15) is 62.7 Å². The minimum absolute atomic E-state index is 0.0294. The lowest BCUT2D eigenvalue weighted by Gasteiger charge is -2.54. The molecule has 4 heteroatoms. The number of aliphatic hydroxyl groups is 2. The average molecular weight is 411 g/mol. The fraction of sp³-hybridized carbons (Fsp3) is 0.560. The van der Waals surface area contributed by atoms with Crippen LogP contribution in [0.3, 0.4) is 0 Å². The summed E-state index contributed by atoms with van der Waals surface area (Å²) in [5.41, 5.74) is 3.27. The van der Waals surface area contributed by atoms with Crippen molar-refractivity contribution < 1.29 is 15.0 Å². The van der Waals surface area contributed by atoms with E-state index in [2.05, 4.69) is 24.4 Å². The highest BCUT2D eigenvalue weighted by Crippen LogP contribution is 2.67. The summed E-state index contributed by atoms with van der Waals surface area (Å²) in [7, 11) is 0. The maximum atomic E-state index is 12.0. The number of hydrogen-bond acceptors (Lipinski definition) is 4. The van der Waals surface area contributed by atoms with Crippen molar-refractivity contribution in [1.82, 2.24) is 0 Å². The van der Waals surface area contributed by atoms with Gasteiger partial charge in [-0.2, -0.15) is 0 Å². The summed E-state index contributed by atoms with van der Waals surface area (Å²) in [5.74, 6) is 1.53. The van der Waals surface area contributed by atoms with Crippen LogP contribution in [-0.2, 0) is 4.79 Å². The summed E-state index contributed by atoms with van der Waals surface area (Å²) in [6.07, 6.45) is 11.8. The maximum absolute atomic E-state index is 12.0. The number of rotatable bonds is 3. The van der Waals surface area contributed by atoms with Crippen molar-refractivity contribution in [1.29, 1.82) is 0 Å². The van der Waals surface area contributed by atoms with E-state index in [9.17, 15) is 15.0 Å². The van der Waals surface area contributed by atoms with Crippen LogP contribution >= 0.6 is 11.3 Å². The SMILES string of the molecule is C[C@]12C[C@H](c3cccs3)C3=C4CCC(=O)C=C4CC[C@H]3[C@@H]1CC[C@@]2(O)C=CCO. The lowest BCUT2D eigenvalue weighted by Crippen LogP contribution is -2.50. The number of ketones is 1. The van der Waals surface area contributed by atoms with Gasteiger partial charge >= 0.3 is 0 Å². The van der Waals surface area contributed by atoms with Gasteiger partial charge in [-0.15, -0.1) is 11.3 Å². The monoisotopic (exact) mass is 410 g/mol. The first kappa shape index (κ1) is 19.5. The average Bonchev–Trinajstić information content (AvgIpc) is 3.33. The summed E-state index contributed by atoms with van der Waals surface area (Å²) < 4.78 is 0. The minimum Gasteiger partial charge on any atom is -0.392 e. The first-order valence-corrected chi connectivity index (χ1v) is 11.9. The van der Waals surface area contributed by atoms with Crippen LogP contribution in [0.25, 0.3) is 0 Å². The quantitative estimate of drug-likeness (QED) is 0.695. The summed E-state index contributed by atoms with van der Waals surface area (Å²) in [5, 5.41) is 23.2. The van der Waals surface area contributed by atoms with Gasteiger partial charge in [-0.05, 0) is 79.0 Å². The summed E-state index contributed by atoms with van der Waals surface area (Å²) in [4.78, 5) is 13.4. The van der Waals surface area contributed by atoms with Crippen LogP contribution in [0.2, 0.25) is 0 Å². The number of allylic oxidation sites excluding steroid dienone is 4. The highest BCUT2D eigenvalue weighted by Gasteiger charge is 2.62. The van der Waals surface area contributed by atoms with E-state index in [0.717, 1.165) is 38.5 Å². The predicted molar refractivity (Wildman–Crippen MR) is 116 cm³/mol. The molecule has 0 aliphatic heterocycles. The zero-order valence-corrected chi connectivity index (χ0v) is 17.9.